The maximum absolute atomic E-state index is 12.0. The third-order valence-electron chi connectivity index (χ3n) is 3.31. The van der Waals surface area contributed by atoms with Gasteiger partial charge in [0.15, 0.2) is 0 Å². The molecule has 19 heavy (non-hydrogen) atoms. The number of anilines is 1. The van der Waals surface area contributed by atoms with Crippen LogP contribution in [-0.4, -0.2) is 40.4 Å². The molecule has 1 amide bonds. The smallest absolute Gasteiger partial charge is 0.241 e. The van der Waals surface area contributed by atoms with Crippen molar-refractivity contribution in [1.29, 1.82) is 0 Å². The average molecular weight is 283 g/mol. The summed E-state index contributed by atoms with van der Waals surface area (Å²) in [6.45, 7) is 5.61. The third kappa shape index (κ3) is 3.56. The topological polar surface area (TPSA) is 58.1 Å². The van der Waals surface area contributed by atoms with E-state index in [-0.39, 0.29) is 12.5 Å². The summed E-state index contributed by atoms with van der Waals surface area (Å²) in [6.07, 6.45) is 3.42. The van der Waals surface area contributed by atoms with Gasteiger partial charge in [0.1, 0.15) is 16.8 Å². The number of hydrogen-bond donors (Lipinski definition) is 1. The highest BCUT2D eigenvalue weighted by Crippen LogP contribution is 2.19. The molecule has 6 heteroatoms. The highest BCUT2D eigenvalue weighted by atomic mass is 35.5. The second kappa shape index (κ2) is 6.19. The summed E-state index contributed by atoms with van der Waals surface area (Å²) < 4.78 is 0. The van der Waals surface area contributed by atoms with Crippen LogP contribution in [0.25, 0.3) is 0 Å². The molecule has 1 N–H and O–H groups in total. The second-order valence-electron chi connectivity index (χ2n) is 4.83. The first kappa shape index (κ1) is 14.1. The molecule has 0 spiro atoms. The van der Waals surface area contributed by atoms with Crippen molar-refractivity contribution in [1.82, 2.24) is 14.9 Å². The molecule has 1 fully saturated rings. The molecule has 1 aliphatic rings. The number of nitrogens with zero attached hydrogens (tertiary/aromatic N) is 3. The Morgan fingerprint density at radius 2 is 1.95 bits per heavy atom. The van der Waals surface area contributed by atoms with Gasteiger partial charge >= 0.3 is 0 Å². The van der Waals surface area contributed by atoms with Gasteiger partial charge in [-0.15, -0.1) is 0 Å². The molecular formula is C13H19ClN4O. The van der Waals surface area contributed by atoms with Crippen molar-refractivity contribution in [3.05, 3.63) is 16.5 Å². The van der Waals surface area contributed by atoms with Gasteiger partial charge < -0.3 is 10.2 Å². The van der Waals surface area contributed by atoms with Crippen LogP contribution in [0.4, 0.5) is 5.82 Å². The fraction of sp³-hybridized carbons (Fsp3) is 0.615. The zero-order valence-corrected chi connectivity index (χ0v) is 12.1. The van der Waals surface area contributed by atoms with Crippen LogP contribution in [0.1, 0.15) is 30.7 Å². The molecule has 0 unspecified atom stereocenters. The van der Waals surface area contributed by atoms with Crippen molar-refractivity contribution in [2.24, 2.45) is 0 Å². The van der Waals surface area contributed by atoms with Gasteiger partial charge in [0.05, 0.1) is 6.54 Å². The van der Waals surface area contributed by atoms with E-state index < -0.39 is 0 Å². The lowest BCUT2D eigenvalue weighted by Gasteiger charge is -2.27. The Morgan fingerprint density at radius 3 is 2.63 bits per heavy atom. The number of halogens is 1. The molecule has 0 radical (unpaired) electrons. The minimum atomic E-state index is 0.117. The highest BCUT2D eigenvalue weighted by Gasteiger charge is 2.16. The number of likely N-dealkylation sites (tertiary alicyclic amines) is 1. The number of carbonyl (C=O) groups is 1. The second-order valence-corrected chi connectivity index (χ2v) is 5.19. The number of carbonyl (C=O) groups excluding carboxylic acids is 1. The molecule has 1 aromatic heterocycles. The Hall–Kier alpha value is -1.36. The van der Waals surface area contributed by atoms with E-state index in [1.165, 1.54) is 6.42 Å². The van der Waals surface area contributed by atoms with Crippen molar-refractivity contribution >= 4 is 23.3 Å². The molecule has 2 heterocycles. The molecule has 0 saturated carbocycles. The fourth-order valence-corrected chi connectivity index (χ4v) is 2.39. The molecule has 5 nitrogen and oxygen atoms in total. The number of amides is 1. The normalized spacial score (nSPS) is 15.4. The lowest BCUT2D eigenvalue weighted by Crippen LogP contribution is -2.39. The quantitative estimate of drug-likeness (QED) is 0.863. The van der Waals surface area contributed by atoms with Gasteiger partial charge in [-0.3, -0.25) is 4.79 Å². The van der Waals surface area contributed by atoms with E-state index >= 15 is 0 Å². The van der Waals surface area contributed by atoms with E-state index in [4.69, 9.17) is 11.6 Å². The van der Waals surface area contributed by atoms with Crippen molar-refractivity contribution in [2.75, 3.05) is 25.0 Å². The number of rotatable bonds is 3. The molecular weight excluding hydrogens is 264 g/mol. The Morgan fingerprint density at radius 1 is 1.26 bits per heavy atom. The van der Waals surface area contributed by atoms with Crippen LogP contribution in [0.15, 0.2) is 0 Å². The molecule has 104 valence electrons. The third-order valence-corrected chi connectivity index (χ3v) is 3.68. The van der Waals surface area contributed by atoms with Crippen LogP contribution < -0.4 is 5.32 Å². The molecule has 2 rings (SSSR count). The SMILES string of the molecule is Cc1nc(Cl)c(C)c(NCC(=O)N2CCCCC2)n1. The van der Waals surface area contributed by atoms with E-state index in [9.17, 15) is 4.79 Å². The molecule has 1 aliphatic heterocycles. The van der Waals surface area contributed by atoms with Gasteiger partial charge in [0, 0.05) is 18.7 Å². The molecule has 0 aromatic carbocycles. The Kier molecular flexibility index (Phi) is 4.58. The van der Waals surface area contributed by atoms with Gasteiger partial charge in [-0.25, -0.2) is 9.97 Å². The summed E-state index contributed by atoms with van der Waals surface area (Å²) in [5.74, 6) is 1.36. The van der Waals surface area contributed by atoms with Crippen LogP contribution in [0.3, 0.4) is 0 Å². The first-order valence-electron chi connectivity index (χ1n) is 6.60. The van der Waals surface area contributed by atoms with E-state index in [1.54, 1.807) is 6.92 Å². The summed E-state index contributed by atoms with van der Waals surface area (Å²) in [5, 5.41) is 3.50. The maximum atomic E-state index is 12.0. The predicted molar refractivity (Wildman–Crippen MR) is 75.4 cm³/mol. The van der Waals surface area contributed by atoms with Gasteiger partial charge in [-0.05, 0) is 33.1 Å². The number of aryl methyl sites for hydroxylation is 1. The summed E-state index contributed by atoms with van der Waals surface area (Å²) in [6, 6.07) is 0. The maximum Gasteiger partial charge on any atom is 0.241 e. The minimum absolute atomic E-state index is 0.117. The minimum Gasteiger partial charge on any atom is -0.361 e. The average Bonchev–Trinajstić information content (AvgIpc) is 2.41. The Labute approximate surface area is 118 Å². The fourth-order valence-electron chi connectivity index (χ4n) is 2.18. The molecule has 0 bridgehead atoms. The van der Waals surface area contributed by atoms with E-state index in [2.05, 4.69) is 15.3 Å². The summed E-state index contributed by atoms with van der Waals surface area (Å²) in [7, 11) is 0. The predicted octanol–water partition coefficient (Wildman–Crippen LogP) is 2.17. The monoisotopic (exact) mass is 282 g/mol. The molecule has 0 atom stereocenters. The Bertz CT molecular complexity index is 472. The van der Waals surface area contributed by atoms with Crippen LogP contribution in [-0.2, 0) is 4.79 Å². The van der Waals surface area contributed by atoms with E-state index in [0.29, 0.717) is 16.8 Å². The summed E-state index contributed by atoms with van der Waals surface area (Å²) in [5.41, 5.74) is 0.777. The largest absolute Gasteiger partial charge is 0.361 e. The van der Waals surface area contributed by atoms with Crippen LogP contribution >= 0.6 is 11.6 Å². The van der Waals surface area contributed by atoms with E-state index in [0.717, 1.165) is 31.5 Å². The number of hydrogen-bond acceptors (Lipinski definition) is 4. The summed E-state index contributed by atoms with van der Waals surface area (Å²) in [4.78, 5) is 22.3. The van der Waals surface area contributed by atoms with Crippen molar-refractivity contribution in [3.8, 4) is 0 Å². The highest BCUT2D eigenvalue weighted by molar-refractivity contribution is 6.30. The molecule has 1 aromatic rings. The van der Waals surface area contributed by atoms with Gasteiger partial charge in [0.2, 0.25) is 5.91 Å². The standard InChI is InChI=1S/C13H19ClN4O/c1-9-12(14)16-10(2)17-13(9)15-8-11(19)18-6-4-3-5-7-18/h3-8H2,1-2H3,(H,15,16,17). The lowest BCUT2D eigenvalue weighted by molar-refractivity contribution is -0.130. The van der Waals surface area contributed by atoms with Crippen molar-refractivity contribution < 1.29 is 4.79 Å². The van der Waals surface area contributed by atoms with Crippen LogP contribution in [0.5, 0.6) is 0 Å². The van der Waals surface area contributed by atoms with E-state index in [1.807, 2.05) is 11.8 Å². The van der Waals surface area contributed by atoms with Gasteiger partial charge in [-0.1, -0.05) is 11.6 Å². The van der Waals surface area contributed by atoms with Gasteiger partial charge in [-0.2, -0.15) is 0 Å². The number of nitrogens with one attached hydrogen (secondary N) is 1. The van der Waals surface area contributed by atoms with Crippen LogP contribution in [0.2, 0.25) is 5.15 Å². The summed E-state index contributed by atoms with van der Waals surface area (Å²) >= 11 is 6.00. The lowest BCUT2D eigenvalue weighted by atomic mass is 10.1. The van der Waals surface area contributed by atoms with Crippen LogP contribution in [0, 0.1) is 13.8 Å². The van der Waals surface area contributed by atoms with Crippen molar-refractivity contribution in [3.63, 3.8) is 0 Å². The zero-order chi connectivity index (χ0) is 13.8. The number of aromatic nitrogens is 2. The molecule has 1 saturated heterocycles. The van der Waals surface area contributed by atoms with Gasteiger partial charge in [0.25, 0.3) is 0 Å². The molecule has 0 aliphatic carbocycles. The Balaban J connectivity index is 1.96. The zero-order valence-electron chi connectivity index (χ0n) is 11.4. The van der Waals surface area contributed by atoms with Crippen molar-refractivity contribution in [2.45, 2.75) is 33.1 Å². The number of piperidine rings is 1. The first-order chi connectivity index (χ1) is 9.08. The first-order valence-corrected chi connectivity index (χ1v) is 6.98.